The number of methoxy groups -OCH3 is 1. The number of carboxylic acids is 1. The van der Waals surface area contributed by atoms with Crippen molar-refractivity contribution in [2.75, 3.05) is 12.4 Å². The standard InChI is InChI=1S/C17H21NO4/c1-10-8-12(13(17(20)21)9-11(10)2)16(19)18-14-6-4-5-7-15(14)22-3/h4-7,12-13H,8-9H2,1-3H3,(H,18,19)(H,20,21)/t12-,13+/m1/s1. The highest BCUT2D eigenvalue weighted by Crippen LogP contribution is 2.35. The zero-order chi connectivity index (χ0) is 16.3. The molecule has 0 aliphatic heterocycles. The molecule has 0 unspecified atom stereocenters. The highest BCUT2D eigenvalue weighted by molar-refractivity contribution is 5.96. The third-order valence-corrected chi connectivity index (χ3v) is 4.29. The van der Waals surface area contributed by atoms with Gasteiger partial charge in [-0.15, -0.1) is 0 Å². The largest absolute Gasteiger partial charge is 0.495 e. The van der Waals surface area contributed by atoms with Crippen molar-refractivity contribution >= 4 is 17.6 Å². The first-order valence-electron chi connectivity index (χ1n) is 7.26. The van der Waals surface area contributed by atoms with Crippen LogP contribution in [0.3, 0.4) is 0 Å². The Morgan fingerprint density at radius 3 is 2.32 bits per heavy atom. The summed E-state index contributed by atoms with van der Waals surface area (Å²) in [4.78, 5) is 24.0. The predicted octanol–water partition coefficient (Wildman–Crippen LogP) is 3.08. The summed E-state index contributed by atoms with van der Waals surface area (Å²) in [6.45, 7) is 3.89. The molecular weight excluding hydrogens is 282 g/mol. The second kappa shape index (κ2) is 6.64. The number of rotatable bonds is 4. The molecule has 0 aromatic heterocycles. The monoisotopic (exact) mass is 303 g/mol. The molecule has 1 aromatic rings. The van der Waals surface area contributed by atoms with Gasteiger partial charge in [-0.25, -0.2) is 0 Å². The minimum absolute atomic E-state index is 0.274. The Morgan fingerprint density at radius 2 is 1.73 bits per heavy atom. The maximum atomic E-state index is 12.6. The first kappa shape index (κ1) is 16.1. The van der Waals surface area contributed by atoms with Gasteiger partial charge in [0.05, 0.1) is 24.6 Å². The molecule has 5 nitrogen and oxygen atoms in total. The van der Waals surface area contributed by atoms with Crippen LogP contribution in [0.5, 0.6) is 5.75 Å². The molecule has 22 heavy (non-hydrogen) atoms. The number of nitrogens with one attached hydrogen (secondary N) is 1. The Labute approximate surface area is 130 Å². The Hall–Kier alpha value is -2.30. The third-order valence-electron chi connectivity index (χ3n) is 4.29. The number of para-hydroxylation sites is 2. The van der Waals surface area contributed by atoms with Crippen molar-refractivity contribution in [2.45, 2.75) is 26.7 Å². The number of carbonyl (C=O) groups excluding carboxylic acids is 1. The summed E-state index contributed by atoms with van der Waals surface area (Å²) in [6.07, 6.45) is 0.898. The van der Waals surface area contributed by atoms with Gasteiger partial charge >= 0.3 is 5.97 Å². The predicted molar refractivity (Wildman–Crippen MR) is 83.8 cm³/mol. The molecule has 0 spiro atoms. The summed E-state index contributed by atoms with van der Waals surface area (Å²) in [5, 5.41) is 12.2. The summed E-state index contributed by atoms with van der Waals surface area (Å²) in [7, 11) is 1.53. The van der Waals surface area contributed by atoms with Gasteiger partial charge in [-0.05, 0) is 38.8 Å². The van der Waals surface area contributed by atoms with E-state index in [9.17, 15) is 14.7 Å². The second-order valence-corrected chi connectivity index (χ2v) is 5.71. The molecule has 1 aromatic carbocycles. The van der Waals surface area contributed by atoms with Crippen LogP contribution >= 0.6 is 0 Å². The summed E-state index contributed by atoms with van der Waals surface area (Å²) in [5.41, 5.74) is 2.72. The van der Waals surface area contributed by atoms with Gasteiger partial charge in [-0.1, -0.05) is 23.3 Å². The lowest BCUT2D eigenvalue weighted by atomic mass is 9.76. The Kier molecular flexibility index (Phi) is 4.85. The first-order valence-corrected chi connectivity index (χ1v) is 7.26. The lowest BCUT2D eigenvalue weighted by molar-refractivity contribution is -0.146. The number of hydrogen-bond acceptors (Lipinski definition) is 3. The number of anilines is 1. The number of carboxylic acid groups (broad SMARTS) is 1. The van der Waals surface area contributed by atoms with E-state index in [0.717, 1.165) is 11.1 Å². The molecule has 1 aliphatic rings. The van der Waals surface area contributed by atoms with Gasteiger partial charge in [-0.2, -0.15) is 0 Å². The minimum Gasteiger partial charge on any atom is -0.495 e. The number of amides is 1. The average molecular weight is 303 g/mol. The lowest BCUT2D eigenvalue weighted by Crippen LogP contribution is -2.36. The SMILES string of the molecule is COc1ccccc1NC(=O)[C@@H]1CC(C)=C(C)C[C@@H]1C(=O)O. The van der Waals surface area contributed by atoms with Gasteiger partial charge in [0.1, 0.15) is 5.75 Å². The molecule has 2 rings (SSSR count). The van der Waals surface area contributed by atoms with Crippen molar-refractivity contribution in [3.05, 3.63) is 35.4 Å². The second-order valence-electron chi connectivity index (χ2n) is 5.71. The number of benzene rings is 1. The highest BCUT2D eigenvalue weighted by Gasteiger charge is 2.37. The van der Waals surface area contributed by atoms with E-state index < -0.39 is 17.8 Å². The minimum atomic E-state index is -0.924. The molecule has 0 radical (unpaired) electrons. The van der Waals surface area contributed by atoms with E-state index in [2.05, 4.69) is 5.32 Å². The summed E-state index contributed by atoms with van der Waals surface area (Å²) < 4.78 is 5.21. The van der Waals surface area contributed by atoms with Gasteiger partial charge in [0, 0.05) is 0 Å². The molecule has 1 aliphatic carbocycles. The normalized spacial score (nSPS) is 21.4. The summed E-state index contributed by atoms with van der Waals surface area (Å²) >= 11 is 0. The Morgan fingerprint density at radius 1 is 1.14 bits per heavy atom. The molecule has 2 atom stereocenters. The van der Waals surface area contributed by atoms with Crippen LogP contribution in [-0.2, 0) is 9.59 Å². The summed E-state index contributed by atoms with van der Waals surface area (Å²) in [6, 6.07) is 7.10. The zero-order valence-electron chi connectivity index (χ0n) is 13.1. The molecule has 0 heterocycles. The smallest absolute Gasteiger partial charge is 0.307 e. The van der Waals surface area contributed by atoms with Gasteiger partial charge in [0.2, 0.25) is 5.91 Å². The van der Waals surface area contributed by atoms with E-state index in [1.807, 2.05) is 19.9 Å². The zero-order valence-corrected chi connectivity index (χ0v) is 13.1. The first-order chi connectivity index (χ1) is 10.4. The van der Waals surface area contributed by atoms with Crippen LogP contribution in [0.2, 0.25) is 0 Å². The van der Waals surface area contributed by atoms with E-state index >= 15 is 0 Å². The van der Waals surface area contributed by atoms with Crippen molar-refractivity contribution in [1.29, 1.82) is 0 Å². The van der Waals surface area contributed by atoms with Crippen LogP contribution in [0.1, 0.15) is 26.7 Å². The molecule has 0 bridgehead atoms. The molecule has 2 N–H and O–H groups in total. The van der Waals surface area contributed by atoms with Gasteiger partial charge in [0.15, 0.2) is 0 Å². The van der Waals surface area contributed by atoms with Crippen molar-refractivity contribution in [3.8, 4) is 5.75 Å². The molecule has 1 amide bonds. The fraction of sp³-hybridized carbons (Fsp3) is 0.412. The fourth-order valence-corrected chi connectivity index (χ4v) is 2.80. The van der Waals surface area contributed by atoms with Crippen LogP contribution in [0, 0.1) is 11.8 Å². The van der Waals surface area contributed by atoms with Crippen molar-refractivity contribution in [3.63, 3.8) is 0 Å². The van der Waals surface area contributed by atoms with Gasteiger partial charge < -0.3 is 15.2 Å². The van der Waals surface area contributed by atoms with E-state index in [0.29, 0.717) is 24.3 Å². The third kappa shape index (κ3) is 3.30. The molecule has 0 saturated heterocycles. The number of carbonyl (C=O) groups is 2. The highest BCUT2D eigenvalue weighted by atomic mass is 16.5. The van der Waals surface area contributed by atoms with Crippen LogP contribution < -0.4 is 10.1 Å². The molecule has 0 fully saturated rings. The topological polar surface area (TPSA) is 75.6 Å². The summed E-state index contributed by atoms with van der Waals surface area (Å²) in [5.74, 6) is -1.89. The maximum Gasteiger partial charge on any atom is 0.307 e. The van der Waals surface area contributed by atoms with Gasteiger partial charge in [-0.3, -0.25) is 9.59 Å². The van der Waals surface area contributed by atoms with Crippen LogP contribution in [0.25, 0.3) is 0 Å². The maximum absolute atomic E-state index is 12.6. The van der Waals surface area contributed by atoms with Crippen LogP contribution in [0.4, 0.5) is 5.69 Å². The fourth-order valence-electron chi connectivity index (χ4n) is 2.80. The van der Waals surface area contributed by atoms with Crippen molar-refractivity contribution < 1.29 is 19.4 Å². The average Bonchev–Trinajstić information content (AvgIpc) is 2.49. The quantitative estimate of drug-likeness (QED) is 0.838. The van der Waals surface area contributed by atoms with E-state index in [1.54, 1.807) is 18.2 Å². The van der Waals surface area contributed by atoms with E-state index in [4.69, 9.17) is 4.74 Å². The van der Waals surface area contributed by atoms with Crippen LogP contribution in [-0.4, -0.2) is 24.1 Å². The number of aliphatic carboxylic acids is 1. The van der Waals surface area contributed by atoms with Gasteiger partial charge in [0.25, 0.3) is 0 Å². The Bertz CT molecular complexity index is 621. The van der Waals surface area contributed by atoms with Crippen molar-refractivity contribution in [1.82, 2.24) is 0 Å². The number of ether oxygens (including phenoxy) is 1. The van der Waals surface area contributed by atoms with E-state index in [1.165, 1.54) is 7.11 Å². The molecule has 118 valence electrons. The lowest BCUT2D eigenvalue weighted by Gasteiger charge is -2.29. The van der Waals surface area contributed by atoms with Crippen molar-refractivity contribution in [2.24, 2.45) is 11.8 Å². The molecule has 0 saturated carbocycles. The molecular formula is C17H21NO4. The number of hydrogen-bond donors (Lipinski definition) is 2. The number of allylic oxidation sites excluding steroid dienone is 2. The van der Waals surface area contributed by atoms with Crippen LogP contribution in [0.15, 0.2) is 35.4 Å². The van der Waals surface area contributed by atoms with E-state index in [-0.39, 0.29) is 5.91 Å². The molecule has 5 heteroatoms. The Balaban J connectivity index is 2.22.